The highest BCUT2D eigenvalue weighted by atomic mass is 79.9. The zero-order chi connectivity index (χ0) is 11.6. The average molecular weight is 272 g/mol. The molecule has 0 saturated heterocycles. The Bertz CT molecular complexity index is 390. The van der Waals surface area contributed by atoms with E-state index in [0.717, 1.165) is 21.2 Å². The van der Waals surface area contributed by atoms with E-state index >= 15 is 0 Å². The van der Waals surface area contributed by atoms with Crippen LogP contribution in [0, 0.1) is 13.8 Å². The van der Waals surface area contributed by atoms with Crippen LogP contribution in [-0.4, -0.2) is 11.1 Å². The Balaban J connectivity index is 3.12. The molecule has 0 aliphatic heterocycles. The lowest BCUT2D eigenvalue weighted by Gasteiger charge is -2.16. The summed E-state index contributed by atoms with van der Waals surface area (Å²) < 4.78 is 0.962. The number of carbonyl (C=O) groups is 1. The Morgan fingerprint density at radius 3 is 2.67 bits per heavy atom. The average Bonchev–Trinajstić information content (AvgIpc) is 2.11. The van der Waals surface area contributed by atoms with Crippen LogP contribution < -0.4 is 5.73 Å². The summed E-state index contributed by atoms with van der Waals surface area (Å²) in [5.74, 6) is -0.874. The molecule has 15 heavy (non-hydrogen) atoms. The fourth-order valence-corrected chi connectivity index (χ4v) is 2.04. The van der Waals surface area contributed by atoms with Gasteiger partial charge in [0, 0.05) is 10.5 Å². The van der Waals surface area contributed by atoms with Crippen LogP contribution >= 0.6 is 15.9 Å². The van der Waals surface area contributed by atoms with Crippen molar-refractivity contribution in [3.05, 3.63) is 33.3 Å². The van der Waals surface area contributed by atoms with Gasteiger partial charge in [-0.05, 0) is 36.6 Å². The van der Waals surface area contributed by atoms with Crippen LogP contribution in [0.1, 0.15) is 29.2 Å². The van der Waals surface area contributed by atoms with Gasteiger partial charge in [-0.2, -0.15) is 0 Å². The predicted octanol–water partition coefficient (Wildman–Crippen LogP) is 2.54. The summed E-state index contributed by atoms with van der Waals surface area (Å²) in [6.45, 7) is 3.88. The molecule has 0 heterocycles. The molecule has 0 aliphatic rings. The number of halogens is 1. The summed E-state index contributed by atoms with van der Waals surface area (Å²) >= 11 is 3.41. The monoisotopic (exact) mass is 271 g/mol. The fraction of sp³-hybridized carbons (Fsp3) is 0.364. The van der Waals surface area contributed by atoms with Gasteiger partial charge in [-0.25, -0.2) is 0 Å². The number of hydrogen-bond donors (Lipinski definition) is 2. The largest absolute Gasteiger partial charge is 0.481 e. The molecule has 1 atom stereocenters. The maximum Gasteiger partial charge on any atom is 0.305 e. The van der Waals surface area contributed by atoms with E-state index in [1.54, 1.807) is 0 Å². The van der Waals surface area contributed by atoms with E-state index in [1.165, 1.54) is 0 Å². The molecule has 0 radical (unpaired) electrons. The summed E-state index contributed by atoms with van der Waals surface area (Å²) in [7, 11) is 0. The number of carboxylic acids is 1. The second kappa shape index (κ2) is 4.77. The minimum Gasteiger partial charge on any atom is -0.481 e. The molecule has 4 heteroatoms. The molecule has 0 fully saturated rings. The molecule has 0 aromatic heterocycles. The summed E-state index contributed by atoms with van der Waals surface area (Å²) in [6, 6.07) is 3.44. The Hall–Kier alpha value is -0.870. The van der Waals surface area contributed by atoms with Crippen LogP contribution in [0.2, 0.25) is 0 Å². The van der Waals surface area contributed by atoms with Gasteiger partial charge in [-0.3, -0.25) is 4.79 Å². The lowest BCUT2D eigenvalue weighted by Crippen LogP contribution is -2.17. The van der Waals surface area contributed by atoms with Crippen LogP contribution in [0.15, 0.2) is 16.6 Å². The zero-order valence-corrected chi connectivity index (χ0v) is 10.3. The number of rotatable bonds is 3. The van der Waals surface area contributed by atoms with Gasteiger partial charge in [0.2, 0.25) is 0 Å². The van der Waals surface area contributed by atoms with Crippen molar-refractivity contribution in [2.24, 2.45) is 5.73 Å². The van der Waals surface area contributed by atoms with E-state index in [-0.39, 0.29) is 6.42 Å². The molecule has 82 valence electrons. The molecule has 0 spiro atoms. The summed E-state index contributed by atoms with van der Waals surface area (Å²) in [5.41, 5.74) is 8.84. The molecule has 3 nitrogen and oxygen atoms in total. The molecule has 0 saturated carbocycles. The first-order valence-electron chi connectivity index (χ1n) is 4.66. The van der Waals surface area contributed by atoms with Crippen LogP contribution in [-0.2, 0) is 4.79 Å². The highest BCUT2D eigenvalue weighted by Gasteiger charge is 2.16. The van der Waals surface area contributed by atoms with Crippen molar-refractivity contribution in [2.45, 2.75) is 26.3 Å². The highest BCUT2D eigenvalue weighted by molar-refractivity contribution is 9.10. The normalized spacial score (nSPS) is 12.5. The van der Waals surface area contributed by atoms with E-state index in [0.29, 0.717) is 0 Å². The molecule has 0 amide bonds. The van der Waals surface area contributed by atoms with E-state index in [2.05, 4.69) is 15.9 Å². The second-order valence-electron chi connectivity index (χ2n) is 3.61. The third kappa shape index (κ3) is 2.79. The third-order valence-electron chi connectivity index (χ3n) is 2.43. The maximum absolute atomic E-state index is 10.6. The predicted molar refractivity (Wildman–Crippen MR) is 62.8 cm³/mol. The van der Waals surface area contributed by atoms with Gasteiger partial charge in [-0.1, -0.05) is 22.0 Å². The standard InChI is InChI=1S/C11H14BrNO2/c1-6-3-4-8(12)7(2)11(6)9(13)5-10(14)15/h3-4,9H,5,13H2,1-2H3,(H,14,15). The first-order valence-corrected chi connectivity index (χ1v) is 5.45. The Labute approximate surface area is 97.4 Å². The molecular formula is C11H14BrNO2. The van der Waals surface area contributed by atoms with Crippen molar-refractivity contribution < 1.29 is 9.90 Å². The second-order valence-corrected chi connectivity index (χ2v) is 4.46. The third-order valence-corrected chi connectivity index (χ3v) is 3.29. The molecular weight excluding hydrogens is 258 g/mol. The smallest absolute Gasteiger partial charge is 0.305 e. The summed E-state index contributed by atoms with van der Waals surface area (Å²) in [4.78, 5) is 10.6. The van der Waals surface area contributed by atoms with Crippen LogP contribution in [0.3, 0.4) is 0 Å². The van der Waals surface area contributed by atoms with Crippen LogP contribution in [0.25, 0.3) is 0 Å². The Morgan fingerprint density at radius 2 is 2.13 bits per heavy atom. The minimum absolute atomic E-state index is 0.0435. The first kappa shape index (κ1) is 12.2. The van der Waals surface area contributed by atoms with E-state index < -0.39 is 12.0 Å². The molecule has 0 bridgehead atoms. The highest BCUT2D eigenvalue weighted by Crippen LogP contribution is 2.28. The number of nitrogens with two attached hydrogens (primary N) is 1. The van der Waals surface area contributed by atoms with Gasteiger partial charge < -0.3 is 10.8 Å². The molecule has 1 aromatic carbocycles. The molecule has 3 N–H and O–H groups in total. The summed E-state index contributed by atoms with van der Waals surface area (Å²) in [5, 5.41) is 8.70. The quantitative estimate of drug-likeness (QED) is 0.888. The molecule has 1 rings (SSSR count). The minimum atomic E-state index is -0.874. The first-order chi connectivity index (χ1) is 6.93. The molecule has 0 aliphatic carbocycles. The van der Waals surface area contributed by atoms with Crippen molar-refractivity contribution in [2.75, 3.05) is 0 Å². The number of aryl methyl sites for hydroxylation is 1. The van der Waals surface area contributed by atoms with Gasteiger partial charge >= 0.3 is 5.97 Å². The van der Waals surface area contributed by atoms with Crippen molar-refractivity contribution >= 4 is 21.9 Å². The van der Waals surface area contributed by atoms with Crippen molar-refractivity contribution in [3.63, 3.8) is 0 Å². The van der Waals surface area contributed by atoms with Crippen LogP contribution in [0.4, 0.5) is 0 Å². The number of aliphatic carboxylic acids is 1. The van der Waals surface area contributed by atoms with Crippen LogP contribution in [0.5, 0.6) is 0 Å². The number of hydrogen-bond acceptors (Lipinski definition) is 2. The lowest BCUT2D eigenvalue weighted by atomic mass is 9.95. The van der Waals surface area contributed by atoms with Gasteiger partial charge in [0.15, 0.2) is 0 Å². The van der Waals surface area contributed by atoms with Crippen molar-refractivity contribution in [1.82, 2.24) is 0 Å². The Morgan fingerprint density at radius 1 is 1.53 bits per heavy atom. The van der Waals surface area contributed by atoms with Gasteiger partial charge in [0.05, 0.1) is 6.42 Å². The lowest BCUT2D eigenvalue weighted by molar-refractivity contribution is -0.137. The SMILES string of the molecule is Cc1ccc(Br)c(C)c1C(N)CC(=O)O. The van der Waals surface area contributed by atoms with Crippen molar-refractivity contribution in [1.29, 1.82) is 0 Å². The fourth-order valence-electron chi connectivity index (χ4n) is 1.70. The van der Waals surface area contributed by atoms with E-state index in [1.807, 2.05) is 26.0 Å². The van der Waals surface area contributed by atoms with E-state index in [4.69, 9.17) is 10.8 Å². The molecule has 1 unspecified atom stereocenters. The Kier molecular flexibility index (Phi) is 3.88. The zero-order valence-electron chi connectivity index (χ0n) is 8.75. The van der Waals surface area contributed by atoms with Gasteiger partial charge in [0.1, 0.15) is 0 Å². The molecule has 1 aromatic rings. The van der Waals surface area contributed by atoms with Gasteiger partial charge in [-0.15, -0.1) is 0 Å². The summed E-state index contributed by atoms with van der Waals surface area (Å²) in [6.07, 6.45) is -0.0435. The van der Waals surface area contributed by atoms with Gasteiger partial charge in [0.25, 0.3) is 0 Å². The topological polar surface area (TPSA) is 63.3 Å². The number of carboxylic acid groups (broad SMARTS) is 1. The number of benzene rings is 1. The maximum atomic E-state index is 10.6. The van der Waals surface area contributed by atoms with Crippen molar-refractivity contribution in [3.8, 4) is 0 Å². The van der Waals surface area contributed by atoms with E-state index in [9.17, 15) is 4.79 Å².